The Morgan fingerprint density at radius 2 is 1.83 bits per heavy atom. The second-order valence-electron chi connectivity index (χ2n) is 5.92. The second-order valence-corrected chi connectivity index (χ2v) is 5.92. The average molecular weight is 330 g/mol. The fraction of sp³-hybridized carbons (Fsp3) is 0.500. The first-order chi connectivity index (χ1) is 10.5. The van der Waals surface area contributed by atoms with Crippen LogP contribution in [0.3, 0.4) is 0 Å². The highest BCUT2D eigenvalue weighted by molar-refractivity contribution is 5.85. The van der Waals surface area contributed by atoms with Gasteiger partial charge in [0.15, 0.2) is 0 Å². The van der Waals surface area contributed by atoms with Gasteiger partial charge in [0.1, 0.15) is 0 Å². The fourth-order valence-electron chi connectivity index (χ4n) is 2.23. The summed E-state index contributed by atoms with van der Waals surface area (Å²) in [6, 6.07) is 4.29. The Balaban J connectivity index is 3.00. The first kappa shape index (κ1) is 19.0. The Bertz CT molecular complexity index is 571. The molecule has 7 heteroatoms. The summed E-state index contributed by atoms with van der Waals surface area (Å²) >= 11 is 0. The van der Waals surface area contributed by atoms with Crippen LogP contribution in [0.2, 0.25) is 0 Å². The van der Waals surface area contributed by atoms with E-state index in [1.165, 1.54) is 6.07 Å². The Labute approximate surface area is 133 Å². The van der Waals surface area contributed by atoms with Crippen molar-refractivity contribution in [3.8, 4) is 0 Å². The fourth-order valence-corrected chi connectivity index (χ4v) is 2.23. The summed E-state index contributed by atoms with van der Waals surface area (Å²) < 4.78 is 38.5. The predicted molar refractivity (Wildman–Crippen MR) is 80.1 cm³/mol. The maximum Gasteiger partial charge on any atom is 0.416 e. The van der Waals surface area contributed by atoms with Crippen molar-refractivity contribution in [1.82, 2.24) is 5.32 Å². The van der Waals surface area contributed by atoms with Gasteiger partial charge < -0.3 is 11.1 Å². The number of nitrogens with one attached hydrogen (secondary N) is 1. The SMILES string of the molecule is CC(CC(N)=O)C(=O)NC(c1cccc(C(F)(F)F)c1)C(C)C. The molecule has 1 rings (SSSR count). The maximum absolute atomic E-state index is 12.8. The highest BCUT2D eigenvalue weighted by Crippen LogP contribution is 2.32. The molecule has 2 atom stereocenters. The van der Waals surface area contributed by atoms with Crippen molar-refractivity contribution in [1.29, 1.82) is 0 Å². The molecule has 2 unspecified atom stereocenters. The third-order valence-corrected chi connectivity index (χ3v) is 3.49. The third kappa shape index (κ3) is 5.58. The molecule has 0 saturated heterocycles. The van der Waals surface area contributed by atoms with E-state index < -0.39 is 35.5 Å². The summed E-state index contributed by atoms with van der Waals surface area (Å²) in [4.78, 5) is 23.0. The van der Waals surface area contributed by atoms with Gasteiger partial charge >= 0.3 is 6.18 Å². The number of carbonyl (C=O) groups excluding carboxylic acids is 2. The minimum atomic E-state index is -4.44. The Hall–Kier alpha value is -2.05. The molecule has 0 heterocycles. The van der Waals surface area contributed by atoms with Gasteiger partial charge in [0.2, 0.25) is 11.8 Å². The molecule has 1 aromatic carbocycles. The summed E-state index contributed by atoms with van der Waals surface area (Å²) in [5.74, 6) is -1.78. The van der Waals surface area contributed by atoms with Crippen LogP contribution in [0.1, 0.15) is 44.4 Å². The van der Waals surface area contributed by atoms with Crippen molar-refractivity contribution >= 4 is 11.8 Å². The van der Waals surface area contributed by atoms with Crippen molar-refractivity contribution in [3.05, 3.63) is 35.4 Å². The van der Waals surface area contributed by atoms with Crippen molar-refractivity contribution in [2.75, 3.05) is 0 Å². The predicted octanol–water partition coefficient (Wildman–Crippen LogP) is 3.03. The van der Waals surface area contributed by atoms with Gasteiger partial charge in [-0.2, -0.15) is 13.2 Å². The molecule has 0 fully saturated rings. The normalized spacial score (nSPS) is 14.4. The molecule has 0 aliphatic heterocycles. The van der Waals surface area contributed by atoms with Crippen LogP contribution >= 0.6 is 0 Å². The van der Waals surface area contributed by atoms with Crippen molar-refractivity contribution < 1.29 is 22.8 Å². The van der Waals surface area contributed by atoms with E-state index in [0.29, 0.717) is 5.56 Å². The molecule has 0 bridgehead atoms. The highest BCUT2D eigenvalue weighted by Gasteiger charge is 2.31. The van der Waals surface area contributed by atoms with E-state index in [9.17, 15) is 22.8 Å². The second kappa shape index (κ2) is 7.48. The molecular weight excluding hydrogens is 309 g/mol. The molecule has 3 N–H and O–H groups in total. The van der Waals surface area contributed by atoms with Crippen LogP contribution < -0.4 is 11.1 Å². The van der Waals surface area contributed by atoms with Gasteiger partial charge in [0.25, 0.3) is 0 Å². The summed E-state index contributed by atoms with van der Waals surface area (Å²) in [6.45, 7) is 5.14. The zero-order chi connectivity index (χ0) is 17.8. The summed E-state index contributed by atoms with van der Waals surface area (Å²) in [5, 5.41) is 2.70. The Kier molecular flexibility index (Phi) is 6.18. The van der Waals surface area contributed by atoms with Gasteiger partial charge in [-0.15, -0.1) is 0 Å². The lowest BCUT2D eigenvalue weighted by molar-refractivity contribution is -0.137. The van der Waals surface area contributed by atoms with Crippen LogP contribution in [-0.4, -0.2) is 11.8 Å². The number of hydrogen-bond donors (Lipinski definition) is 2. The lowest BCUT2D eigenvalue weighted by Crippen LogP contribution is -2.36. The van der Waals surface area contributed by atoms with E-state index in [1.807, 2.05) is 0 Å². The number of rotatable bonds is 6. The van der Waals surface area contributed by atoms with Gasteiger partial charge in [0, 0.05) is 12.3 Å². The summed E-state index contributed by atoms with van der Waals surface area (Å²) in [7, 11) is 0. The maximum atomic E-state index is 12.8. The topological polar surface area (TPSA) is 72.2 Å². The summed E-state index contributed by atoms with van der Waals surface area (Å²) in [5.41, 5.74) is 4.66. The number of benzene rings is 1. The lowest BCUT2D eigenvalue weighted by Gasteiger charge is -2.25. The molecular formula is C16H21F3N2O2. The monoisotopic (exact) mass is 330 g/mol. The number of nitrogens with two attached hydrogens (primary N) is 1. The first-order valence-electron chi connectivity index (χ1n) is 7.28. The van der Waals surface area contributed by atoms with Gasteiger partial charge in [-0.25, -0.2) is 0 Å². The summed E-state index contributed by atoms with van der Waals surface area (Å²) in [6.07, 6.45) is -4.56. The number of amides is 2. The quantitative estimate of drug-likeness (QED) is 0.841. The number of hydrogen-bond acceptors (Lipinski definition) is 2. The number of halogens is 3. The van der Waals surface area contributed by atoms with E-state index in [2.05, 4.69) is 5.32 Å². The molecule has 1 aromatic rings. The zero-order valence-corrected chi connectivity index (χ0v) is 13.3. The standard InChI is InChI=1S/C16H21F3N2O2/c1-9(2)14(21-15(23)10(3)7-13(20)22)11-5-4-6-12(8-11)16(17,18)19/h4-6,8-10,14H,7H2,1-3H3,(H2,20,22)(H,21,23). The van der Waals surface area contributed by atoms with Crippen molar-refractivity contribution in [2.45, 2.75) is 39.4 Å². The molecule has 0 spiro atoms. The molecule has 0 aliphatic rings. The van der Waals surface area contributed by atoms with Gasteiger partial charge in [0.05, 0.1) is 11.6 Å². The molecule has 128 valence electrons. The molecule has 0 aliphatic carbocycles. The molecule has 23 heavy (non-hydrogen) atoms. The third-order valence-electron chi connectivity index (χ3n) is 3.49. The Morgan fingerprint density at radius 3 is 2.30 bits per heavy atom. The van der Waals surface area contributed by atoms with Gasteiger partial charge in [-0.1, -0.05) is 32.9 Å². The van der Waals surface area contributed by atoms with Crippen LogP contribution in [0, 0.1) is 11.8 Å². The van der Waals surface area contributed by atoms with Crippen molar-refractivity contribution in [2.24, 2.45) is 17.6 Å². The minimum absolute atomic E-state index is 0.112. The molecule has 0 saturated carbocycles. The molecule has 4 nitrogen and oxygen atoms in total. The zero-order valence-electron chi connectivity index (χ0n) is 13.3. The van der Waals surface area contributed by atoms with Crippen LogP contribution in [0.4, 0.5) is 13.2 Å². The van der Waals surface area contributed by atoms with E-state index in [1.54, 1.807) is 26.8 Å². The van der Waals surface area contributed by atoms with E-state index in [-0.39, 0.29) is 12.3 Å². The first-order valence-corrected chi connectivity index (χ1v) is 7.28. The van der Waals surface area contributed by atoms with Crippen LogP contribution in [-0.2, 0) is 15.8 Å². The largest absolute Gasteiger partial charge is 0.416 e. The van der Waals surface area contributed by atoms with Gasteiger partial charge in [-0.05, 0) is 23.6 Å². The minimum Gasteiger partial charge on any atom is -0.370 e. The number of alkyl halides is 3. The molecule has 2 amide bonds. The average Bonchev–Trinajstić information content (AvgIpc) is 2.42. The molecule has 0 aromatic heterocycles. The molecule has 0 radical (unpaired) electrons. The van der Waals surface area contributed by atoms with Crippen LogP contribution in [0.15, 0.2) is 24.3 Å². The Morgan fingerprint density at radius 1 is 1.22 bits per heavy atom. The van der Waals surface area contributed by atoms with E-state index in [4.69, 9.17) is 5.73 Å². The highest BCUT2D eigenvalue weighted by atomic mass is 19.4. The lowest BCUT2D eigenvalue weighted by atomic mass is 9.93. The van der Waals surface area contributed by atoms with E-state index >= 15 is 0 Å². The van der Waals surface area contributed by atoms with Crippen LogP contribution in [0.25, 0.3) is 0 Å². The van der Waals surface area contributed by atoms with Gasteiger partial charge in [-0.3, -0.25) is 9.59 Å². The van der Waals surface area contributed by atoms with Crippen molar-refractivity contribution in [3.63, 3.8) is 0 Å². The number of primary amides is 1. The smallest absolute Gasteiger partial charge is 0.370 e. The van der Waals surface area contributed by atoms with E-state index in [0.717, 1.165) is 12.1 Å². The number of carbonyl (C=O) groups is 2. The van der Waals surface area contributed by atoms with Crippen LogP contribution in [0.5, 0.6) is 0 Å².